The first kappa shape index (κ1) is 20.2. The van der Waals surface area contributed by atoms with Gasteiger partial charge >= 0.3 is 0 Å². The normalized spacial score (nSPS) is 19.9. The van der Waals surface area contributed by atoms with Crippen LogP contribution in [0, 0.1) is 0 Å². The highest BCUT2D eigenvalue weighted by atomic mass is 16.7. The number of aromatic nitrogens is 1. The number of ether oxygens (including phenoxy) is 4. The summed E-state index contributed by atoms with van der Waals surface area (Å²) in [5.74, 6) is 2.89. The fraction of sp³-hybridized carbons (Fsp3) is 0.179. The van der Waals surface area contributed by atoms with Gasteiger partial charge in [0.15, 0.2) is 28.8 Å². The molecule has 4 aromatic rings. The molecule has 7 rings (SSSR count). The number of hydrogen-bond donors (Lipinski definition) is 2. The predicted octanol–water partition coefficient (Wildman–Crippen LogP) is 4.51. The van der Waals surface area contributed by atoms with Crippen molar-refractivity contribution in [3.63, 3.8) is 0 Å². The Bertz CT molecular complexity index is 1500. The summed E-state index contributed by atoms with van der Waals surface area (Å²) in [6.07, 6.45) is 4.07. The van der Waals surface area contributed by atoms with E-state index in [-0.39, 0.29) is 31.5 Å². The summed E-state index contributed by atoms with van der Waals surface area (Å²) >= 11 is 0. The number of ketones is 1. The fourth-order valence-electron chi connectivity index (χ4n) is 5.08. The molecular formula is C28H22N2O5. The molecule has 174 valence electrons. The van der Waals surface area contributed by atoms with Gasteiger partial charge in [0.2, 0.25) is 13.6 Å². The van der Waals surface area contributed by atoms with E-state index in [1.54, 1.807) is 6.08 Å². The van der Waals surface area contributed by atoms with Crippen molar-refractivity contribution in [2.45, 2.75) is 18.5 Å². The average molecular weight is 466 g/mol. The molecule has 35 heavy (non-hydrogen) atoms. The first-order chi connectivity index (χ1) is 17.2. The van der Waals surface area contributed by atoms with Gasteiger partial charge in [-0.05, 0) is 59.5 Å². The number of fused-ring (bicyclic) bond motifs is 5. The third kappa shape index (κ3) is 3.43. The van der Waals surface area contributed by atoms with Crippen molar-refractivity contribution < 1.29 is 23.7 Å². The lowest BCUT2D eigenvalue weighted by Crippen LogP contribution is -2.44. The molecule has 2 N–H and O–H groups in total. The van der Waals surface area contributed by atoms with Crippen molar-refractivity contribution in [1.29, 1.82) is 0 Å². The highest BCUT2D eigenvalue weighted by Gasteiger charge is 2.33. The molecule has 3 aromatic carbocycles. The van der Waals surface area contributed by atoms with E-state index in [0.29, 0.717) is 12.2 Å². The van der Waals surface area contributed by atoms with Gasteiger partial charge in [-0.1, -0.05) is 36.4 Å². The van der Waals surface area contributed by atoms with Crippen LogP contribution in [0.4, 0.5) is 0 Å². The van der Waals surface area contributed by atoms with Gasteiger partial charge in [-0.15, -0.1) is 0 Å². The highest BCUT2D eigenvalue weighted by Crippen LogP contribution is 2.40. The standard InChI is InChI=1S/C28H22N2O5/c31-22(8-5-16-6-9-23-25(11-16)34-14-32-23)21-13-19-18-3-1-2-4-20(18)29-28(19)27(30-21)17-7-10-24-26(12-17)35-15-33-24/h1-12,21,27,29-30H,13-15H2. The Morgan fingerprint density at radius 2 is 1.60 bits per heavy atom. The van der Waals surface area contributed by atoms with E-state index >= 15 is 0 Å². The number of H-pyrrole nitrogens is 1. The summed E-state index contributed by atoms with van der Waals surface area (Å²) in [5, 5.41) is 4.73. The van der Waals surface area contributed by atoms with Crippen LogP contribution in [0.1, 0.15) is 28.4 Å². The van der Waals surface area contributed by atoms with Gasteiger partial charge < -0.3 is 23.9 Å². The van der Waals surface area contributed by atoms with Crippen LogP contribution in [0.15, 0.2) is 66.7 Å². The van der Waals surface area contributed by atoms with Gasteiger partial charge in [0.25, 0.3) is 0 Å². The molecule has 0 fully saturated rings. The zero-order chi connectivity index (χ0) is 23.4. The van der Waals surface area contributed by atoms with Crippen molar-refractivity contribution in [2.75, 3.05) is 13.6 Å². The van der Waals surface area contributed by atoms with Crippen LogP contribution in [0.5, 0.6) is 23.0 Å². The number of benzene rings is 3. The molecule has 2 atom stereocenters. The number of carbonyl (C=O) groups excluding carboxylic acids is 1. The van der Waals surface area contributed by atoms with Crippen LogP contribution in [0.25, 0.3) is 17.0 Å². The van der Waals surface area contributed by atoms with E-state index in [2.05, 4.69) is 22.4 Å². The topological polar surface area (TPSA) is 81.8 Å². The molecule has 0 saturated carbocycles. The molecule has 0 aliphatic carbocycles. The van der Waals surface area contributed by atoms with E-state index in [4.69, 9.17) is 18.9 Å². The highest BCUT2D eigenvalue weighted by molar-refractivity contribution is 5.99. The van der Waals surface area contributed by atoms with Crippen LogP contribution in [0.2, 0.25) is 0 Å². The molecule has 0 radical (unpaired) electrons. The number of aromatic amines is 1. The quantitative estimate of drug-likeness (QED) is 0.431. The first-order valence-electron chi connectivity index (χ1n) is 11.6. The summed E-state index contributed by atoms with van der Waals surface area (Å²) in [6.45, 7) is 0.446. The fourth-order valence-corrected chi connectivity index (χ4v) is 5.08. The van der Waals surface area contributed by atoms with Gasteiger partial charge in [0.05, 0.1) is 12.1 Å². The van der Waals surface area contributed by atoms with E-state index in [0.717, 1.165) is 50.5 Å². The van der Waals surface area contributed by atoms with E-state index in [1.807, 2.05) is 54.6 Å². The molecule has 0 bridgehead atoms. The second-order valence-corrected chi connectivity index (χ2v) is 8.88. The largest absolute Gasteiger partial charge is 0.454 e. The Kier molecular flexibility index (Phi) is 4.57. The van der Waals surface area contributed by atoms with Crippen LogP contribution in [-0.4, -0.2) is 30.4 Å². The number of hydrogen-bond acceptors (Lipinski definition) is 6. The summed E-state index contributed by atoms with van der Waals surface area (Å²) in [5.41, 5.74) is 5.21. The molecule has 7 heteroatoms. The lowest BCUT2D eigenvalue weighted by Gasteiger charge is -2.30. The maximum atomic E-state index is 13.4. The van der Waals surface area contributed by atoms with Crippen LogP contribution < -0.4 is 24.3 Å². The minimum absolute atomic E-state index is 0.0179. The summed E-state index contributed by atoms with van der Waals surface area (Å²) in [6, 6.07) is 19.3. The molecule has 4 heterocycles. The van der Waals surface area contributed by atoms with Gasteiger partial charge in [-0.3, -0.25) is 10.1 Å². The number of carbonyl (C=O) groups is 1. The summed E-state index contributed by atoms with van der Waals surface area (Å²) in [7, 11) is 0. The Balaban J connectivity index is 1.23. The number of rotatable bonds is 4. The van der Waals surface area contributed by atoms with Gasteiger partial charge in [0, 0.05) is 16.6 Å². The monoisotopic (exact) mass is 466 g/mol. The molecule has 0 saturated heterocycles. The molecule has 1 aromatic heterocycles. The second kappa shape index (κ2) is 7.92. The van der Waals surface area contributed by atoms with Gasteiger partial charge in [-0.25, -0.2) is 0 Å². The van der Waals surface area contributed by atoms with Crippen molar-refractivity contribution >= 4 is 22.8 Å². The SMILES string of the molecule is O=C(C=Cc1ccc2c(c1)OCO2)C1Cc2c([nH]c3ccccc23)C(c2ccc3c(c2)OCO3)N1. The first-order valence-corrected chi connectivity index (χ1v) is 11.6. The number of nitrogens with one attached hydrogen (secondary N) is 2. The van der Waals surface area contributed by atoms with Crippen molar-refractivity contribution in [3.8, 4) is 23.0 Å². The lowest BCUT2D eigenvalue weighted by atomic mass is 9.88. The van der Waals surface area contributed by atoms with Crippen molar-refractivity contribution in [3.05, 3.63) is 89.1 Å². The molecule has 2 unspecified atom stereocenters. The minimum atomic E-state index is -0.373. The molecule has 0 spiro atoms. The van der Waals surface area contributed by atoms with Crippen LogP contribution >= 0.6 is 0 Å². The van der Waals surface area contributed by atoms with Gasteiger partial charge in [-0.2, -0.15) is 0 Å². The van der Waals surface area contributed by atoms with E-state index < -0.39 is 0 Å². The zero-order valence-corrected chi connectivity index (χ0v) is 18.7. The maximum Gasteiger partial charge on any atom is 0.231 e. The Morgan fingerprint density at radius 1 is 0.857 bits per heavy atom. The van der Waals surface area contributed by atoms with E-state index in [1.165, 1.54) is 0 Å². The lowest BCUT2D eigenvalue weighted by molar-refractivity contribution is -0.116. The molecule has 0 amide bonds. The van der Waals surface area contributed by atoms with Gasteiger partial charge in [0.1, 0.15) is 0 Å². The van der Waals surface area contributed by atoms with Crippen LogP contribution in [-0.2, 0) is 11.2 Å². The molecule has 3 aliphatic rings. The third-order valence-corrected chi connectivity index (χ3v) is 6.82. The Morgan fingerprint density at radius 3 is 2.46 bits per heavy atom. The zero-order valence-electron chi connectivity index (χ0n) is 18.7. The Labute approximate surface area is 201 Å². The predicted molar refractivity (Wildman–Crippen MR) is 130 cm³/mol. The minimum Gasteiger partial charge on any atom is -0.454 e. The Hall–Kier alpha value is -4.23. The second-order valence-electron chi connectivity index (χ2n) is 8.88. The van der Waals surface area contributed by atoms with Crippen molar-refractivity contribution in [1.82, 2.24) is 10.3 Å². The van der Waals surface area contributed by atoms with Crippen molar-refractivity contribution in [2.24, 2.45) is 0 Å². The number of para-hydroxylation sites is 1. The third-order valence-electron chi connectivity index (χ3n) is 6.82. The molecular weight excluding hydrogens is 444 g/mol. The molecule has 3 aliphatic heterocycles. The smallest absolute Gasteiger partial charge is 0.231 e. The average Bonchev–Trinajstić information content (AvgIpc) is 3.64. The molecule has 7 nitrogen and oxygen atoms in total. The summed E-state index contributed by atoms with van der Waals surface area (Å²) in [4.78, 5) is 17.0. The maximum absolute atomic E-state index is 13.4. The summed E-state index contributed by atoms with van der Waals surface area (Å²) < 4.78 is 21.9. The van der Waals surface area contributed by atoms with E-state index in [9.17, 15) is 4.79 Å². The van der Waals surface area contributed by atoms with Crippen LogP contribution in [0.3, 0.4) is 0 Å².